The molecule has 0 saturated carbocycles. The van der Waals surface area contributed by atoms with Crippen LogP contribution >= 0.6 is 0 Å². The first-order chi connectivity index (χ1) is 8.91. The molecule has 2 aromatic rings. The third-order valence-corrected chi connectivity index (χ3v) is 3.24. The summed E-state index contributed by atoms with van der Waals surface area (Å²) in [5.74, 6) is 0. The Hall–Kier alpha value is -1.90. The van der Waals surface area contributed by atoms with Crippen molar-refractivity contribution < 1.29 is 0 Å². The predicted octanol–water partition coefficient (Wildman–Crippen LogP) is 3.09. The van der Waals surface area contributed by atoms with Gasteiger partial charge in [0.15, 0.2) is 0 Å². The monoisotopic (exact) mass is 256 g/mol. The topological polar surface area (TPSA) is 34.9 Å². The number of nitrogens with zero attached hydrogens (tertiary/aromatic N) is 2. The molecule has 3 nitrogen and oxygen atoms in total. The van der Waals surface area contributed by atoms with E-state index in [1.54, 1.807) is 12.3 Å². The lowest BCUT2D eigenvalue weighted by Crippen LogP contribution is -2.21. The van der Waals surface area contributed by atoms with E-state index in [4.69, 9.17) is 0 Å². The van der Waals surface area contributed by atoms with E-state index in [1.165, 1.54) is 10.2 Å². The van der Waals surface area contributed by atoms with E-state index in [0.717, 1.165) is 17.7 Å². The van der Waals surface area contributed by atoms with Crippen molar-refractivity contribution in [3.8, 4) is 5.69 Å². The molecule has 0 spiro atoms. The van der Waals surface area contributed by atoms with Gasteiger partial charge in [0.05, 0.1) is 11.9 Å². The van der Waals surface area contributed by atoms with Crippen LogP contribution in [0.4, 0.5) is 0 Å². The molecule has 2 rings (SSSR count). The second-order valence-corrected chi connectivity index (χ2v) is 5.76. The lowest BCUT2D eigenvalue weighted by molar-refractivity contribution is 0.590. The zero-order valence-corrected chi connectivity index (χ0v) is 12.0. The number of rotatable bonds is 2. The van der Waals surface area contributed by atoms with Crippen LogP contribution in [0.15, 0.2) is 41.3 Å². The summed E-state index contributed by atoms with van der Waals surface area (Å²) in [6.45, 7) is 8.52. The van der Waals surface area contributed by atoms with Crippen LogP contribution in [-0.4, -0.2) is 9.78 Å². The molecular formula is C16H20N2O. The maximum Gasteiger partial charge on any atom is 0.271 e. The Morgan fingerprint density at radius 3 is 2.26 bits per heavy atom. The normalized spacial score (nSPS) is 11.6. The molecule has 0 aliphatic carbocycles. The van der Waals surface area contributed by atoms with Gasteiger partial charge in [0, 0.05) is 6.07 Å². The summed E-state index contributed by atoms with van der Waals surface area (Å²) in [6, 6.07) is 9.64. The van der Waals surface area contributed by atoms with Crippen molar-refractivity contribution in [3.63, 3.8) is 0 Å². The predicted molar refractivity (Wildman–Crippen MR) is 77.9 cm³/mol. The molecule has 0 N–H and O–H groups in total. The molecule has 3 heteroatoms. The lowest BCUT2D eigenvalue weighted by atomic mass is 9.87. The van der Waals surface area contributed by atoms with Crippen LogP contribution in [0, 0.1) is 0 Å². The Balaban J connectivity index is 2.40. The zero-order valence-electron chi connectivity index (χ0n) is 12.0. The van der Waals surface area contributed by atoms with Crippen LogP contribution in [0.25, 0.3) is 5.69 Å². The summed E-state index contributed by atoms with van der Waals surface area (Å²) < 4.78 is 1.44. The maximum atomic E-state index is 12.0. The number of hydrogen-bond acceptors (Lipinski definition) is 2. The van der Waals surface area contributed by atoms with E-state index < -0.39 is 0 Å². The highest BCUT2D eigenvalue weighted by Crippen LogP contribution is 2.22. The number of aryl methyl sites for hydroxylation is 1. The molecule has 1 aromatic heterocycles. The van der Waals surface area contributed by atoms with Crippen LogP contribution in [0.2, 0.25) is 0 Å². The molecular weight excluding hydrogens is 236 g/mol. The Labute approximate surface area is 113 Å². The second-order valence-electron chi connectivity index (χ2n) is 5.76. The van der Waals surface area contributed by atoms with Crippen molar-refractivity contribution in [1.82, 2.24) is 9.78 Å². The first kappa shape index (κ1) is 13.5. The quantitative estimate of drug-likeness (QED) is 0.827. The molecule has 0 aliphatic rings. The molecule has 0 aliphatic heterocycles. The summed E-state index contributed by atoms with van der Waals surface area (Å²) in [6.07, 6.45) is 2.57. The molecule has 0 bridgehead atoms. The summed E-state index contributed by atoms with van der Waals surface area (Å²) in [7, 11) is 0. The fourth-order valence-corrected chi connectivity index (χ4v) is 1.94. The molecule has 1 heterocycles. The van der Waals surface area contributed by atoms with Crippen molar-refractivity contribution >= 4 is 0 Å². The molecule has 0 radical (unpaired) electrons. The minimum atomic E-state index is -0.0807. The fourth-order valence-electron chi connectivity index (χ4n) is 1.94. The first-order valence-corrected chi connectivity index (χ1v) is 6.61. The van der Waals surface area contributed by atoms with Gasteiger partial charge in [0.25, 0.3) is 5.56 Å². The van der Waals surface area contributed by atoms with Crippen molar-refractivity contribution in [2.75, 3.05) is 0 Å². The van der Waals surface area contributed by atoms with E-state index in [9.17, 15) is 4.79 Å². The van der Waals surface area contributed by atoms with Gasteiger partial charge >= 0.3 is 0 Å². The third-order valence-electron chi connectivity index (χ3n) is 3.24. The molecule has 0 unspecified atom stereocenters. The van der Waals surface area contributed by atoms with Gasteiger partial charge in [-0.05, 0) is 35.1 Å². The Morgan fingerprint density at radius 2 is 1.79 bits per heavy atom. The Morgan fingerprint density at radius 1 is 1.16 bits per heavy atom. The highest BCUT2D eigenvalue weighted by molar-refractivity contribution is 5.36. The number of aromatic nitrogens is 2. The van der Waals surface area contributed by atoms with E-state index in [2.05, 4.69) is 38.0 Å². The van der Waals surface area contributed by atoms with E-state index in [0.29, 0.717) is 0 Å². The van der Waals surface area contributed by atoms with Gasteiger partial charge in [0.1, 0.15) is 0 Å². The minimum absolute atomic E-state index is 0.0807. The fraction of sp³-hybridized carbons (Fsp3) is 0.375. The van der Waals surface area contributed by atoms with Crippen LogP contribution in [0.1, 0.15) is 38.8 Å². The van der Waals surface area contributed by atoms with Crippen LogP contribution < -0.4 is 5.56 Å². The highest BCUT2D eigenvalue weighted by atomic mass is 16.1. The van der Waals surface area contributed by atoms with Gasteiger partial charge in [-0.3, -0.25) is 4.79 Å². The van der Waals surface area contributed by atoms with Gasteiger partial charge in [-0.1, -0.05) is 39.8 Å². The Kier molecular flexibility index (Phi) is 3.56. The van der Waals surface area contributed by atoms with Gasteiger partial charge < -0.3 is 0 Å². The van der Waals surface area contributed by atoms with E-state index in [-0.39, 0.29) is 11.0 Å². The number of hydrogen-bond donors (Lipinski definition) is 0. The summed E-state index contributed by atoms with van der Waals surface area (Å²) in [5, 5.41) is 4.22. The van der Waals surface area contributed by atoms with E-state index in [1.807, 2.05) is 19.1 Å². The van der Waals surface area contributed by atoms with E-state index >= 15 is 0 Å². The molecule has 0 saturated heterocycles. The first-order valence-electron chi connectivity index (χ1n) is 6.61. The molecule has 0 atom stereocenters. The largest absolute Gasteiger partial charge is 0.271 e. The standard InChI is InChI=1S/C16H20N2O/c1-5-12-10-15(19)18(17-11-12)14-8-6-13(7-9-14)16(2,3)4/h6-11H,5H2,1-4H3. The maximum absolute atomic E-state index is 12.0. The molecule has 0 amide bonds. The molecule has 0 fully saturated rings. The molecule has 100 valence electrons. The van der Waals surface area contributed by atoms with Crippen LogP contribution in [0.5, 0.6) is 0 Å². The van der Waals surface area contributed by atoms with Gasteiger partial charge in [-0.2, -0.15) is 9.78 Å². The molecule has 19 heavy (non-hydrogen) atoms. The van der Waals surface area contributed by atoms with Crippen LogP contribution in [-0.2, 0) is 11.8 Å². The average Bonchev–Trinajstić information content (AvgIpc) is 2.37. The van der Waals surface area contributed by atoms with Gasteiger partial charge in [0.2, 0.25) is 0 Å². The molecule has 1 aromatic carbocycles. The van der Waals surface area contributed by atoms with Crippen molar-refractivity contribution in [2.45, 2.75) is 39.5 Å². The third kappa shape index (κ3) is 2.92. The SMILES string of the molecule is CCc1cnn(-c2ccc(C(C)(C)C)cc2)c(=O)c1. The van der Waals surface area contributed by atoms with Gasteiger partial charge in [-0.15, -0.1) is 0 Å². The lowest BCUT2D eigenvalue weighted by Gasteiger charge is -2.19. The summed E-state index contributed by atoms with van der Waals surface area (Å²) in [4.78, 5) is 12.0. The smallest absolute Gasteiger partial charge is 0.267 e. The zero-order chi connectivity index (χ0) is 14.0. The summed E-state index contributed by atoms with van der Waals surface area (Å²) >= 11 is 0. The minimum Gasteiger partial charge on any atom is -0.267 e. The highest BCUT2D eigenvalue weighted by Gasteiger charge is 2.13. The van der Waals surface area contributed by atoms with Crippen LogP contribution in [0.3, 0.4) is 0 Å². The van der Waals surface area contributed by atoms with Crippen molar-refractivity contribution in [1.29, 1.82) is 0 Å². The second kappa shape index (κ2) is 5.00. The van der Waals surface area contributed by atoms with Crippen molar-refractivity contribution in [2.24, 2.45) is 0 Å². The summed E-state index contributed by atoms with van der Waals surface area (Å²) in [5.41, 5.74) is 3.05. The van der Waals surface area contributed by atoms with Crippen molar-refractivity contribution in [3.05, 3.63) is 58.0 Å². The Bertz CT molecular complexity index is 618. The average molecular weight is 256 g/mol. The van der Waals surface area contributed by atoms with Gasteiger partial charge in [-0.25, -0.2) is 0 Å². The number of benzene rings is 1.